The summed E-state index contributed by atoms with van der Waals surface area (Å²) in [6.07, 6.45) is 1.82. The lowest BCUT2D eigenvalue weighted by Crippen LogP contribution is -1.82. The van der Waals surface area contributed by atoms with Crippen LogP contribution in [0.3, 0.4) is 0 Å². The maximum atomic E-state index is 4.16. The summed E-state index contributed by atoms with van der Waals surface area (Å²) in [6.45, 7) is 0. The van der Waals surface area contributed by atoms with Gasteiger partial charge < -0.3 is 0 Å². The van der Waals surface area contributed by atoms with E-state index in [1.807, 2.05) is 18.3 Å². The first-order chi connectivity index (χ1) is 8.34. The van der Waals surface area contributed by atoms with Gasteiger partial charge in [0.15, 0.2) is 0 Å². The van der Waals surface area contributed by atoms with E-state index < -0.39 is 0 Å². The summed E-state index contributed by atoms with van der Waals surface area (Å²) in [5.41, 5.74) is 2.43. The van der Waals surface area contributed by atoms with Gasteiger partial charge >= 0.3 is 0 Å². The Hall–Kier alpha value is -1.67. The Bertz CT molecular complexity index is 671. The number of nitrogens with zero attached hydrogens (tertiary/aromatic N) is 1. The van der Waals surface area contributed by atoms with E-state index in [4.69, 9.17) is 0 Å². The molecule has 1 aromatic heterocycles. The third-order valence-corrected chi connectivity index (χ3v) is 3.26. The fourth-order valence-corrected chi connectivity index (χ4v) is 2.41. The summed E-state index contributed by atoms with van der Waals surface area (Å²) in [6, 6.07) is 18.9. The predicted octanol–water partition coefficient (Wildman–Crippen LogP) is 4.66. The molecule has 3 aromatic rings. The van der Waals surface area contributed by atoms with Crippen LogP contribution in [-0.2, 0) is 0 Å². The maximum Gasteiger partial charge on any atom is 0.106 e. The molecule has 17 heavy (non-hydrogen) atoms. The van der Waals surface area contributed by atoms with Crippen LogP contribution in [0.1, 0.15) is 0 Å². The second-order valence-electron chi connectivity index (χ2n) is 3.89. The first kappa shape index (κ1) is 10.5. The average Bonchev–Trinajstić information content (AvgIpc) is 2.38. The standard InChI is InChI=1S/C15H10BrN/c16-15-10-12(8-9-17-15)14-7-3-5-11-4-1-2-6-13(11)14/h1-10H. The van der Waals surface area contributed by atoms with Gasteiger partial charge in [-0.15, -0.1) is 0 Å². The number of rotatable bonds is 1. The molecule has 0 amide bonds. The number of hydrogen-bond donors (Lipinski definition) is 0. The molecule has 0 fully saturated rings. The second kappa shape index (κ2) is 4.30. The van der Waals surface area contributed by atoms with Crippen molar-refractivity contribution in [2.45, 2.75) is 0 Å². The molecule has 0 aliphatic carbocycles. The topological polar surface area (TPSA) is 12.9 Å². The number of fused-ring (bicyclic) bond motifs is 1. The molecule has 0 N–H and O–H groups in total. The lowest BCUT2D eigenvalue weighted by molar-refractivity contribution is 1.28. The maximum absolute atomic E-state index is 4.16. The zero-order valence-electron chi connectivity index (χ0n) is 9.10. The van der Waals surface area contributed by atoms with E-state index in [2.05, 4.69) is 63.4 Å². The molecule has 0 aliphatic heterocycles. The van der Waals surface area contributed by atoms with Crippen molar-refractivity contribution in [1.82, 2.24) is 4.98 Å². The number of benzene rings is 2. The third-order valence-electron chi connectivity index (χ3n) is 2.83. The van der Waals surface area contributed by atoms with E-state index in [1.165, 1.54) is 21.9 Å². The molecule has 0 spiro atoms. The minimum absolute atomic E-state index is 0.864. The summed E-state index contributed by atoms with van der Waals surface area (Å²) < 4.78 is 0.864. The van der Waals surface area contributed by atoms with Crippen molar-refractivity contribution in [2.75, 3.05) is 0 Å². The Balaban J connectivity index is 2.30. The smallest absolute Gasteiger partial charge is 0.106 e. The molecule has 0 saturated heterocycles. The zero-order chi connectivity index (χ0) is 11.7. The second-order valence-corrected chi connectivity index (χ2v) is 4.71. The largest absolute Gasteiger partial charge is 0.249 e. The minimum atomic E-state index is 0.864. The molecule has 0 aliphatic rings. The molecular formula is C15H10BrN. The van der Waals surface area contributed by atoms with Crippen LogP contribution >= 0.6 is 15.9 Å². The Kier molecular flexibility index (Phi) is 2.65. The van der Waals surface area contributed by atoms with Gasteiger partial charge in [0, 0.05) is 6.20 Å². The van der Waals surface area contributed by atoms with Crippen molar-refractivity contribution in [3.8, 4) is 11.1 Å². The summed E-state index contributed by atoms with van der Waals surface area (Å²) in [5.74, 6) is 0. The lowest BCUT2D eigenvalue weighted by atomic mass is 9.99. The zero-order valence-corrected chi connectivity index (χ0v) is 10.7. The number of hydrogen-bond acceptors (Lipinski definition) is 1. The third kappa shape index (κ3) is 1.96. The van der Waals surface area contributed by atoms with Gasteiger partial charge in [-0.2, -0.15) is 0 Å². The molecule has 2 aromatic carbocycles. The van der Waals surface area contributed by atoms with Crippen molar-refractivity contribution in [2.24, 2.45) is 0 Å². The Morgan fingerprint density at radius 3 is 2.59 bits per heavy atom. The molecule has 0 unspecified atom stereocenters. The normalized spacial score (nSPS) is 10.6. The SMILES string of the molecule is Brc1cc(-c2cccc3ccccc23)ccn1. The molecule has 1 nitrogen and oxygen atoms in total. The van der Waals surface area contributed by atoms with Crippen molar-refractivity contribution in [3.05, 3.63) is 65.4 Å². The molecule has 82 valence electrons. The molecule has 0 atom stereocenters. The molecule has 0 saturated carbocycles. The molecule has 0 bridgehead atoms. The Morgan fingerprint density at radius 2 is 1.71 bits per heavy atom. The highest BCUT2D eigenvalue weighted by Gasteiger charge is 2.03. The van der Waals surface area contributed by atoms with Gasteiger partial charge in [-0.1, -0.05) is 42.5 Å². The first-order valence-corrected chi connectivity index (χ1v) is 6.23. The van der Waals surface area contributed by atoms with Crippen LogP contribution in [0.25, 0.3) is 21.9 Å². The highest BCUT2D eigenvalue weighted by Crippen LogP contribution is 2.29. The molecule has 2 heteroatoms. The number of halogens is 1. The quantitative estimate of drug-likeness (QED) is 0.592. The summed E-state index contributed by atoms with van der Waals surface area (Å²) in [5, 5.41) is 2.53. The number of pyridine rings is 1. The van der Waals surface area contributed by atoms with Crippen LogP contribution < -0.4 is 0 Å². The molecule has 3 rings (SSSR count). The minimum Gasteiger partial charge on any atom is -0.249 e. The lowest BCUT2D eigenvalue weighted by Gasteiger charge is -2.06. The van der Waals surface area contributed by atoms with E-state index in [9.17, 15) is 0 Å². The van der Waals surface area contributed by atoms with Gasteiger partial charge in [-0.3, -0.25) is 0 Å². The van der Waals surface area contributed by atoms with Crippen LogP contribution in [0, 0.1) is 0 Å². The highest BCUT2D eigenvalue weighted by molar-refractivity contribution is 9.10. The monoisotopic (exact) mass is 283 g/mol. The highest BCUT2D eigenvalue weighted by atomic mass is 79.9. The van der Waals surface area contributed by atoms with Gasteiger partial charge in [-0.25, -0.2) is 4.98 Å². The molecule has 0 radical (unpaired) electrons. The van der Waals surface area contributed by atoms with Crippen LogP contribution in [0.5, 0.6) is 0 Å². The Morgan fingerprint density at radius 1 is 0.882 bits per heavy atom. The van der Waals surface area contributed by atoms with Gasteiger partial charge in [0.1, 0.15) is 4.60 Å². The first-order valence-electron chi connectivity index (χ1n) is 5.44. The van der Waals surface area contributed by atoms with Gasteiger partial charge in [-0.05, 0) is 50.0 Å². The number of aromatic nitrogens is 1. The molecular weight excluding hydrogens is 274 g/mol. The van der Waals surface area contributed by atoms with Gasteiger partial charge in [0.25, 0.3) is 0 Å². The van der Waals surface area contributed by atoms with Gasteiger partial charge in [0.05, 0.1) is 0 Å². The summed E-state index contributed by atoms with van der Waals surface area (Å²) >= 11 is 3.41. The van der Waals surface area contributed by atoms with Crippen molar-refractivity contribution in [3.63, 3.8) is 0 Å². The van der Waals surface area contributed by atoms with Crippen molar-refractivity contribution < 1.29 is 0 Å². The van der Waals surface area contributed by atoms with Crippen LogP contribution in [0.4, 0.5) is 0 Å². The van der Waals surface area contributed by atoms with E-state index in [0.717, 1.165) is 4.60 Å². The van der Waals surface area contributed by atoms with E-state index in [1.54, 1.807) is 0 Å². The van der Waals surface area contributed by atoms with Gasteiger partial charge in [0.2, 0.25) is 0 Å². The predicted molar refractivity (Wildman–Crippen MR) is 74.9 cm³/mol. The summed E-state index contributed by atoms with van der Waals surface area (Å²) in [4.78, 5) is 4.16. The fraction of sp³-hybridized carbons (Fsp3) is 0. The van der Waals surface area contributed by atoms with Crippen LogP contribution in [-0.4, -0.2) is 4.98 Å². The average molecular weight is 284 g/mol. The van der Waals surface area contributed by atoms with Crippen molar-refractivity contribution in [1.29, 1.82) is 0 Å². The van der Waals surface area contributed by atoms with Crippen LogP contribution in [0.2, 0.25) is 0 Å². The van der Waals surface area contributed by atoms with E-state index >= 15 is 0 Å². The summed E-state index contributed by atoms with van der Waals surface area (Å²) in [7, 11) is 0. The fourth-order valence-electron chi connectivity index (χ4n) is 2.05. The van der Waals surface area contributed by atoms with Crippen molar-refractivity contribution >= 4 is 26.7 Å². The van der Waals surface area contributed by atoms with E-state index in [0.29, 0.717) is 0 Å². The van der Waals surface area contributed by atoms with E-state index in [-0.39, 0.29) is 0 Å². The molecule has 1 heterocycles. The van der Waals surface area contributed by atoms with Crippen LogP contribution in [0.15, 0.2) is 65.4 Å². The Labute approximate surface area is 108 Å².